The van der Waals surface area contributed by atoms with Crippen molar-refractivity contribution < 1.29 is 18.1 Å². The van der Waals surface area contributed by atoms with E-state index in [2.05, 4.69) is 5.10 Å². The molecular formula is C16H11F3N4O2S. The molecule has 0 saturated heterocycles. The summed E-state index contributed by atoms with van der Waals surface area (Å²) in [6, 6.07) is 11.2. The summed E-state index contributed by atoms with van der Waals surface area (Å²) in [5.41, 5.74) is -1.26. The summed E-state index contributed by atoms with van der Waals surface area (Å²) in [5.74, 6) is 0.435. The Kier molecular flexibility index (Phi) is 4.36. The summed E-state index contributed by atoms with van der Waals surface area (Å²) in [6.07, 6.45) is -4.69. The van der Waals surface area contributed by atoms with Gasteiger partial charge in [0.15, 0.2) is 5.82 Å². The maximum atomic E-state index is 12.9. The second kappa shape index (κ2) is 6.37. The van der Waals surface area contributed by atoms with Gasteiger partial charge in [0.25, 0.3) is 5.69 Å². The Labute approximate surface area is 150 Å². The van der Waals surface area contributed by atoms with E-state index in [0.717, 1.165) is 22.4 Å². The standard InChI is InChI=1S/C16H11F3N4O2S/c1-21-14(10-5-3-2-4-6-10)20-22(15(21)26)12-8-7-11(16(17,18)19)9-13(12)23(24)25/h2-9H,1H3. The summed E-state index contributed by atoms with van der Waals surface area (Å²) in [5, 5.41) is 15.6. The molecule has 0 N–H and O–H groups in total. The van der Waals surface area contributed by atoms with Crippen LogP contribution >= 0.6 is 12.2 Å². The van der Waals surface area contributed by atoms with Crippen LogP contribution in [-0.2, 0) is 13.2 Å². The minimum Gasteiger partial charge on any atom is -0.303 e. The number of alkyl halides is 3. The molecule has 10 heteroatoms. The van der Waals surface area contributed by atoms with E-state index in [1.807, 2.05) is 6.07 Å². The van der Waals surface area contributed by atoms with Gasteiger partial charge in [0, 0.05) is 18.7 Å². The molecule has 0 atom stereocenters. The summed E-state index contributed by atoms with van der Waals surface area (Å²) >= 11 is 5.27. The Hall–Kier alpha value is -3.01. The van der Waals surface area contributed by atoms with Crippen LogP contribution in [0.3, 0.4) is 0 Å². The van der Waals surface area contributed by atoms with Gasteiger partial charge < -0.3 is 4.57 Å². The van der Waals surface area contributed by atoms with Crippen LogP contribution in [0.15, 0.2) is 48.5 Å². The van der Waals surface area contributed by atoms with E-state index in [4.69, 9.17) is 12.2 Å². The van der Waals surface area contributed by atoms with E-state index in [9.17, 15) is 23.3 Å². The van der Waals surface area contributed by atoms with Crippen LogP contribution in [-0.4, -0.2) is 19.3 Å². The van der Waals surface area contributed by atoms with E-state index in [1.54, 1.807) is 31.3 Å². The third-order valence-corrected chi connectivity index (χ3v) is 4.19. The Morgan fingerprint density at radius 1 is 1.15 bits per heavy atom. The summed E-state index contributed by atoms with van der Waals surface area (Å²) in [4.78, 5) is 10.4. The summed E-state index contributed by atoms with van der Waals surface area (Å²) in [7, 11) is 1.63. The lowest BCUT2D eigenvalue weighted by molar-refractivity contribution is -0.384. The average Bonchev–Trinajstić information content (AvgIpc) is 2.90. The van der Waals surface area contributed by atoms with Crippen molar-refractivity contribution in [2.75, 3.05) is 0 Å². The zero-order valence-electron chi connectivity index (χ0n) is 13.3. The normalized spacial score (nSPS) is 11.5. The van der Waals surface area contributed by atoms with Crippen LogP contribution in [0.1, 0.15) is 5.56 Å². The third-order valence-electron chi connectivity index (χ3n) is 3.74. The van der Waals surface area contributed by atoms with Crippen LogP contribution < -0.4 is 0 Å². The minimum atomic E-state index is -4.69. The van der Waals surface area contributed by atoms with E-state index < -0.39 is 22.4 Å². The van der Waals surface area contributed by atoms with Crippen LogP contribution in [0, 0.1) is 14.9 Å². The van der Waals surface area contributed by atoms with Crippen molar-refractivity contribution in [1.29, 1.82) is 0 Å². The predicted molar refractivity (Wildman–Crippen MR) is 90.5 cm³/mol. The first kappa shape index (κ1) is 17.8. The molecule has 3 aromatic rings. The number of aromatic nitrogens is 3. The molecule has 134 valence electrons. The first-order valence-corrected chi connectivity index (χ1v) is 7.68. The van der Waals surface area contributed by atoms with Gasteiger partial charge in [-0.2, -0.15) is 17.9 Å². The second-order valence-corrected chi connectivity index (χ2v) is 5.77. The lowest BCUT2D eigenvalue weighted by Crippen LogP contribution is -2.08. The summed E-state index contributed by atoms with van der Waals surface area (Å²) < 4.78 is 41.3. The predicted octanol–water partition coefficient (Wildman–Crippen LogP) is 4.53. The molecule has 0 saturated carbocycles. The maximum absolute atomic E-state index is 12.9. The monoisotopic (exact) mass is 380 g/mol. The fourth-order valence-electron chi connectivity index (χ4n) is 2.46. The molecule has 0 radical (unpaired) electrons. The van der Waals surface area contributed by atoms with E-state index >= 15 is 0 Å². The minimum absolute atomic E-state index is 0.117. The number of benzene rings is 2. The van der Waals surface area contributed by atoms with Gasteiger partial charge in [-0.25, -0.2) is 0 Å². The van der Waals surface area contributed by atoms with Crippen molar-refractivity contribution in [3.05, 3.63) is 69.0 Å². The molecule has 0 aliphatic heterocycles. The van der Waals surface area contributed by atoms with Gasteiger partial charge in [-0.15, -0.1) is 5.10 Å². The molecule has 0 bridgehead atoms. The SMILES string of the molecule is Cn1c(-c2ccccc2)nn(-c2ccc(C(F)(F)F)cc2[N+](=O)[O-])c1=S. The largest absolute Gasteiger partial charge is 0.416 e. The zero-order valence-corrected chi connectivity index (χ0v) is 14.1. The highest BCUT2D eigenvalue weighted by atomic mass is 32.1. The molecule has 3 rings (SSSR count). The van der Waals surface area contributed by atoms with Crippen molar-refractivity contribution in [2.45, 2.75) is 6.18 Å². The van der Waals surface area contributed by atoms with E-state index in [-0.39, 0.29) is 10.5 Å². The third kappa shape index (κ3) is 3.10. The lowest BCUT2D eigenvalue weighted by Gasteiger charge is -2.08. The average molecular weight is 380 g/mol. The smallest absolute Gasteiger partial charge is 0.303 e. The molecule has 1 aromatic heterocycles. The van der Waals surface area contributed by atoms with Gasteiger partial charge in [0.2, 0.25) is 4.77 Å². The highest BCUT2D eigenvalue weighted by Crippen LogP contribution is 2.34. The molecule has 1 heterocycles. The highest BCUT2D eigenvalue weighted by Gasteiger charge is 2.33. The lowest BCUT2D eigenvalue weighted by atomic mass is 10.1. The molecule has 26 heavy (non-hydrogen) atoms. The van der Waals surface area contributed by atoms with Crippen molar-refractivity contribution in [3.63, 3.8) is 0 Å². The Morgan fingerprint density at radius 3 is 2.38 bits per heavy atom. The van der Waals surface area contributed by atoms with Crippen LogP contribution in [0.25, 0.3) is 17.1 Å². The fourth-order valence-corrected chi connectivity index (χ4v) is 2.68. The quantitative estimate of drug-likeness (QED) is 0.380. The number of rotatable bonds is 3. The van der Waals surface area contributed by atoms with Crippen LogP contribution in [0.4, 0.5) is 18.9 Å². The Balaban J connectivity index is 2.22. The van der Waals surface area contributed by atoms with Crippen molar-refractivity contribution >= 4 is 17.9 Å². The van der Waals surface area contributed by atoms with E-state index in [1.165, 1.54) is 4.57 Å². The molecule has 6 nitrogen and oxygen atoms in total. The zero-order chi connectivity index (χ0) is 19.1. The number of nitrogens with zero attached hydrogens (tertiary/aromatic N) is 4. The second-order valence-electron chi connectivity index (χ2n) is 5.40. The maximum Gasteiger partial charge on any atom is 0.416 e. The number of nitro benzene ring substituents is 1. The number of hydrogen-bond donors (Lipinski definition) is 0. The topological polar surface area (TPSA) is 65.9 Å². The van der Waals surface area contributed by atoms with Crippen molar-refractivity contribution in [1.82, 2.24) is 14.3 Å². The van der Waals surface area contributed by atoms with Gasteiger partial charge in [-0.1, -0.05) is 30.3 Å². The molecule has 0 fully saturated rings. The van der Waals surface area contributed by atoms with Crippen molar-refractivity contribution in [2.24, 2.45) is 7.05 Å². The van der Waals surface area contributed by atoms with Crippen LogP contribution in [0.5, 0.6) is 0 Å². The first-order chi connectivity index (χ1) is 12.2. The first-order valence-electron chi connectivity index (χ1n) is 7.27. The molecule has 0 unspecified atom stereocenters. The van der Waals surface area contributed by atoms with Gasteiger partial charge in [-0.3, -0.25) is 10.1 Å². The molecule has 2 aromatic carbocycles. The molecule has 0 spiro atoms. The van der Waals surface area contributed by atoms with Gasteiger partial charge in [0.05, 0.1) is 10.5 Å². The molecular weight excluding hydrogens is 369 g/mol. The summed E-state index contributed by atoms with van der Waals surface area (Å²) in [6.45, 7) is 0. The van der Waals surface area contributed by atoms with Gasteiger partial charge in [-0.05, 0) is 24.4 Å². The molecule has 0 aliphatic carbocycles. The van der Waals surface area contributed by atoms with Crippen molar-refractivity contribution in [3.8, 4) is 17.1 Å². The van der Waals surface area contributed by atoms with Crippen LogP contribution in [0.2, 0.25) is 0 Å². The Bertz CT molecular complexity index is 1040. The Morgan fingerprint density at radius 2 is 1.81 bits per heavy atom. The molecule has 0 amide bonds. The van der Waals surface area contributed by atoms with E-state index in [0.29, 0.717) is 11.9 Å². The molecule has 0 aliphatic rings. The number of hydrogen-bond acceptors (Lipinski definition) is 4. The number of nitro groups is 1. The van der Waals surface area contributed by atoms with Gasteiger partial charge in [0.1, 0.15) is 5.69 Å². The highest BCUT2D eigenvalue weighted by molar-refractivity contribution is 7.71. The number of halogens is 3. The van der Waals surface area contributed by atoms with Gasteiger partial charge >= 0.3 is 6.18 Å². The fraction of sp³-hybridized carbons (Fsp3) is 0.125.